The third kappa shape index (κ3) is 4.16. The lowest BCUT2D eigenvalue weighted by atomic mass is 10.1. The third-order valence-electron chi connectivity index (χ3n) is 5.38. The summed E-state index contributed by atoms with van der Waals surface area (Å²) in [7, 11) is 3.30. The molecule has 0 amide bonds. The molecular formula is C23H26N4O3. The van der Waals surface area contributed by atoms with Gasteiger partial charge in [0.1, 0.15) is 5.82 Å². The Hall–Kier alpha value is -3.32. The van der Waals surface area contributed by atoms with Gasteiger partial charge in [-0.25, -0.2) is 4.98 Å². The Morgan fingerprint density at radius 2 is 1.63 bits per heavy atom. The Labute approximate surface area is 176 Å². The average molecular weight is 406 g/mol. The SMILES string of the molecule is COc1ccc(N2CCN(c3cnc(-c4cccc(CO)c4)cn3)CC2)cc1OC. The Morgan fingerprint density at radius 3 is 2.30 bits per heavy atom. The minimum absolute atomic E-state index is 0.0176. The summed E-state index contributed by atoms with van der Waals surface area (Å²) in [4.78, 5) is 13.8. The fourth-order valence-electron chi connectivity index (χ4n) is 3.68. The van der Waals surface area contributed by atoms with Crippen LogP contribution in [-0.2, 0) is 6.61 Å². The maximum atomic E-state index is 9.32. The molecule has 1 aliphatic heterocycles. The number of aromatic nitrogens is 2. The normalized spacial score (nSPS) is 14.0. The van der Waals surface area contributed by atoms with Crippen molar-refractivity contribution in [3.63, 3.8) is 0 Å². The molecule has 7 nitrogen and oxygen atoms in total. The van der Waals surface area contributed by atoms with Gasteiger partial charge in [0, 0.05) is 43.5 Å². The number of benzene rings is 2. The van der Waals surface area contributed by atoms with Gasteiger partial charge in [-0.2, -0.15) is 0 Å². The number of ether oxygens (including phenoxy) is 2. The van der Waals surface area contributed by atoms with Gasteiger partial charge < -0.3 is 24.4 Å². The van der Waals surface area contributed by atoms with Crippen LogP contribution >= 0.6 is 0 Å². The van der Waals surface area contributed by atoms with Gasteiger partial charge in [-0.3, -0.25) is 4.98 Å². The number of hydrogen-bond acceptors (Lipinski definition) is 7. The number of rotatable bonds is 6. The molecule has 1 N–H and O–H groups in total. The molecule has 1 aliphatic rings. The highest BCUT2D eigenvalue weighted by Crippen LogP contribution is 2.32. The molecule has 156 valence electrons. The first-order chi connectivity index (χ1) is 14.7. The van der Waals surface area contributed by atoms with E-state index in [9.17, 15) is 5.11 Å². The van der Waals surface area contributed by atoms with Crippen molar-refractivity contribution in [2.75, 3.05) is 50.2 Å². The smallest absolute Gasteiger partial charge is 0.162 e. The molecule has 0 atom stereocenters. The molecular weight excluding hydrogens is 380 g/mol. The summed E-state index contributed by atoms with van der Waals surface area (Å²) in [6.07, 6.45) is 3.62. The van der Waals surface area contributed by atoms with Crippen molar-refractivity contribution in [1.82, 2.24) is 9.97 Å². The Balaban J connectivity index is 1.42. The molecule has 30 heavy (non-hydrogen) atoms. The van der Waals surface area contributed by atoms with E-state index >= 15 is 0 Å². The predicted octanol–water partition coefficient (Wildman–Crippen LogP) is 2.98. The molecule has 2 heterocycles. The summed E-state index contributed by atoms with van der Waals surface area (Å²) >= 11 is 0. The van der Waals surface area contributed by atoms with Gasteiger partial charge in [-0.1, -0.05) is 18.2 Å². The molecule has 0 unspecified atom stereocenters. The van der Waals surface area contributed by atoms with E-state index in [-0.39, 0.29) is 6.61 Å². The van der Waals surface area contributed by atoms with Crippen LogP contribution in [0.2, 0.25) is 0 Å². The maximum absolute atomic E-state index is 9.32. The second-order valence-electron chi connectivity index (χ2n) is 7.13. The minimum atomic E-state index is 0.0176. The second kappa shape index (κ2) is 9.00. The van der Waals surface area contributed by atoms with Crippen molar-refractivity contribution in [3.8, 4) is 22.8 Å². The van der Waals surface area contributed by atoms with E-state index in [1.165, 1.54) is 0 Å². The van der Waals surface area contributed by atoms with Crippen molar-refractivity contribution in [1.29, 1.82) is 0 Å². The molecule has 2 aromatic carbocycles. The van der Waals surface area contributed by atoms with Crippen LogP contribution in [0, 0.1) is 0 Å². The van der Waals surface area contributed by atoms with Gasteiger partial charge in [-0.15, -0.1) is 0 Å². The summed E-state index contributed by atoms with van der Waals surface area (Å²) in [5.74, 6) is 2.35. The van der Waals surface area contributed by atoms with Crippen LogP contribution < -0.4 is 19.3 Å². The lowest BCUT2D eigenvalue weighted by molar-refractivity contribution is 0.282. The monoisotopic (exact) mass is 406 g/mol. The first-order valence-electron chi connectivity index (χ1n) is 9.96. The van der Waals surface area contributed by atoms with Crippen molar-refractivity contribution in [3.05, 3.63) is 60.4 Å². The van der Waals surface area contributed by atoms with Crippen LogP contribution in [0.1, 0.15) is 5.56 Å². The fourth-order valence-corrected chi connectivity index (χ4v) is 3.68. The molecule has 1 saturated heterocycles. The summed E-state index contributed by atoms with van der Waals surface area (Å²) in [6.45, 7) is 3.52. The number of nitrogens with zero attached hydrogens (tertiary/aromatic N) is 4. The number of piperazine rings is 1. The largest absolute Gasteiger partial charge is 0.493 e. The van der Waals surface area contributed by atoms with Crippen molar-refractivity contribution < 1.29 is 14.6 Å². The van der Waals surface area contributed by atoms with E-state index in [1.54, 1.807) is 20.4 Å². The molecule has 0 radical (unpaired) electrons. The van der Waals surface area contributed by atoms with E-state index in [0.717, 1.165) is 66.0 Å². The average Bonchev–Trinajstić information content (AvgIpc) is 2.84. The van der Waals surface area contributed by atoms with Crippen LogP contribution in [0.4, 0.5) is 11.5 Å². The molecule has 4 rings (SSSR count). The van der Waals surface area contributed by atoms with Crippen molar-refractivity contribution >= 4 is 11.5 Å². The van der Waals surface area contributed by atoms with E-state index < -0.39 is 0 Å². The van der Waals surface area contributed by atoms with Crippen molar-refractivity contribution in [2.45, 2.75) is 6.61 Å². The molecule has 0 saturated carbocycles. The molecule has 7 heteroatoms. The van der Waals surface area contributed by atoms with E-state index in [4.69, 9.17) is 9.47 Å². The van der Waals surface area contributed by atoms with Crippen molar-refractivity contribution in [2.24, 2.45) is 0 Å². The van der Waals surface area contributed by atoms with Crippen LogP contribution in [-0.4, -0.2) is 55.5 Å². The highest BCUT2D eigenvalue weighted by atomic mass is 16.5. The van der Waals surface area contributed by atoms with Gasteiger partial charge in [-0.05, 0) is 23.8 Å². The van der Waals surface area contributed by atoms with Crippen LogP contribution in [0.25, 0.3) is 11.3 Å². The zero-order valence-electron chi connectivity index (χ0n) is 17.3. The van der Waals surface area contributed by atoms with E-state index in [1.807, 2.05) is 42.6 Å². The van der Waals surface area contributed by atoms with E-state index in [0.29, 0.717) is 0 Å². The lowest BCUT2D eigenvalue weighted by Gasteiger charge is -2.36. The summed E-state index contributed by atoms with van der Waals surface area (Å²) < 4.78 is 10.8. The van der Waals surface area contributed by atoms with Gasteiger partial charge in [0.15, 0.2) is 11.5 Å². The summed E-state index contributed by atoms with van der Waals surface area (Å²) in [5.41, 5.74) is 3.75. The molecule has 1 aromatic heterocycles. The van der Waals surface area contributed by atoms with Crippen LogP contribution in [0.5, 0.6) is 11.5 Å². The Bertz CT molecular complexity index is 986. The fraction of sp³-hybridized carbons (Fsp3) is 0.304. The first-order valence-corrected chi connectivity index (χ1v) is 9.96. The second-order valence-corrected chi connectivity index (χ2v) is 7.13. The molecule has 0 bridgehead atoms. The first kappa shape index (κ1) is 20.0. The zero-order valence-corrected chi connectivity index (χ0v) is 17.3. The van der Waals surface area contributed by atoms with E-state index in [2.05, 4.69) is 25.8 Å². The molecule has 3 aromatic rings. The van der Waals surface area contributed by atoms with Gasteiger partial charge in [0.2, 0.25) is 0 Å². The van der Waals surface area contributed by atoms with Gasteiger partial charge >= 0.3 is 0 Å². The quantitative estimate of drug-likeness (QED) is 0.675. The summed E-state index contributed by atoms with van der Waals surface area (Å²) in [5, 5.41) is 9.32. The number of hydrogen-bond donors (Lipinski definition) is 1. The maximum Gasteiger partial charge on any atom is 0.162 e. The Morgan fingerprint density at radius 1 is 0.867 bits per heavy atom. The molecule has 0 spiro atoms. The standard InChI is InChI=1S/C23H26N4O3/c1-29-21-7-6-19(13-22(21)30-2)26-8-10-27(11-9-26)23-15-24-20(14-25-23)18-5-3-4-17(12-18)16-28/h3-7,12-15,28H,8-11,16H2,1-2H3. The third-order valence-corrected chi connectivity index (χ3v) is 5.38. The number of aliphatic hydroxyl groups excluding tert-OH is 1. The topological polar surface area (TPSA) is 71.0 Å². The lowest BCUT2D eigenvalue weighted by Crippen LogP contribution is -2.46. The summed E-state index contributed by atoms with van der Waals surface area (Å²) in [6, 6.07) is 13.7. The van der Waals surface area contributed by atoms with Crippen LogP contribution in [0.15, 0.2) is 54.9 Å². The van der Waals surface area contributed by atoms with Gasteiger partial charge in [0.25, 0.3) is 0 Å². The number of anilines is 2. The van der Waals surface area contributed by atoms with Gasteiger partial charge in [0.05, 0.1) is 38.9 Å². The highest BCUT2D eigenvalue weighted by molar-refractivity contribution is 5.60. The van der Waals surface area contributed by atoms with Crippen LogP contribution in [0.3, 0.4) is 0 Å². The molecule has 1 fully saturated rings. The minimum Gasteiger partial charge on any atom is -0.493 e. The highest BCUT2D eigenvalue weighted by Gasteiger charge is 2.20. The number of methoxy groups -OCH3 is 2. The number of aliphatic hydroxyl groups is 1. The predicted molar refractivity (Wildman–Crippen MR) is 117 cm³/mol. The Kier molecular flexibility index (Phi) is 5.99. The molecule has 0 aliphatic carbocycles. The zero-order chi connectivity index (χ0) is 20.9.